The molecule has 3 rings (SSSR count). The topological polar surface area (TPSA) is 76.6 Å². The van der Waals surface area contributed by atoms with Crippen molar-refractivity contribution in [2.24, 2.45) is 0 Å². The van der Waals surface area contributed by atoms with Gasteiger partial charge in [-0.15, -0.1) is 0 Å². The van der Waals surface area contributed by atoms with Gasteiger partial charge in [0, 0.05) is 12.4 Å². The van der Waals surface area contributed by atoms with E-state index < -0.39 is 0 Å². The molecule has 3 heterocycles. The first-order chi connectivity index (χ1) is 8.42. The van der Waals surface area contributed by atoms with E-state index in [4.69, 9.17) is 4.74 Å². The number of pyridine rings is 1. The highest BCUT2D eigenvalue weighted by atomic mass is 16.5. The van der Waals surface area contributed by atoms with E-state index in [1.54, 1.807) is 24.9 Å². The number of imidazole rings is 1. The Morgan fingerprint density at radius 1 is 1.18 bits per heavy atom. The largest absolute Gasteiger partial charge is 0.459 e. The molecule has 0 spiro atoms. The molecule has 84 valence electrons. The van der Waals surface area contributed by atoms with E-state index in [1.807, 2.05) is 12.1 Å². The van der Waals surface area contributed by atoms with Gasteiger partial charge >= 0.3 is 6.01 Å². The van der Waals surface area contributed by atoms with Crippen LogP contribution in [0.4, 0.5) is 0 Å². The third kappa shape index (κ3) is 2.05. The Balaban J connectivity index is 1.76. The van der Waals surface area contributed by atoms with Crippen molar-refractivity contribution in [3.63, 3.8) is 0 Å². The summed E-state index contributed by atoms with van der Waals surface area (Å²) < 4.78 is 5.47. The van der Waals surface area contributed by atoms with Crippen LogP contribution in [0.3, 0.4) is 0 Å². The molecular formula is C11H9N5O. The minimum Gasteiger partial charge on any atom is -0.459 e. The van der Waals surface area contributed by atoms with Gasteiger partial charge in [-0.2, -0.15) is 4.98 Å². The van der Waals surface area contributed by atoms with Gasteiger partial charge in [0.15, 0.2) is 5.65 Å². The Morgan fingerprint density at radius 2 is 2.06 bits per heavy atom. The van der Waals surface area contributed by atoms with Crippen molar-refractivity contribution in [1.29, 1.82) is 0 Å². The summed E-state index contributed by atoms with van der Waals surface area (Å²) in [6.45, 7) is 0.415. The van der Waals surface area contributed by atoms with Gasteiger partial charge in [0.05, 0.1) is 12.5 Å². The van der Waals surface area contributed by atoms with E-state index in [1.165, 1.54) is 0 Å². The van der Waals surface area contributed by atoms with E-state index in [9.17, 15) is 0 Å². The Morgan fingerprint density at radius 3 is 2.94 bits per heavy atom. The Kier molecular flexibility index (Phi) is 2.38. The summed E-state index contributed by atoms with van der Waals surface area (Å²) >= 11 is 0. The summed E-state index contributed by atoms with van der Waals surface area (Å²) in [6, 6.07) is 4.08. The first kappa shape index (κ1) is 9.71. The number of aromatic nitrogens is 5. The van der Waals surface area contributed by atoms with Crippen molar-refractivity contribution < 1.29 is 4.74 Å². The lowest BCUT2D eigenvalue weighted by molar-refractivity contribution is 0.281. The van der Waals surface area contributed by atoms with Gasteiger partial charge in [-0.1, -0.05) is 0 Å². The van der Waals surface area contributed by atoms with Gasteiger partial charge in [0.1, 0.15) is 12.1 Å². The summed E-state index contributed by atoms with van der Waals surface area (Å²) in [5, 5.41) is 0. The van der Waals surface area contributed by atoms with Gasteiger partial charge in [0.2, 0.25) is 0 Å². The van der Waals surface area contributed by atoms with Gasteiger partial charge in [-0.3, -0.25) is 4.98 Å². The number of rotatable bonds is 3. The summed E-state index contributed by atoms with van der Waals surface area (Å²) in [6.07, 6.45) is 6.66. The monoisotopic (exact) mass is 227 g/mol. The zero-order valence-corrected chi connectivity index (χ0v) is 8.87. The van der Waals surface area contributed by atoms with Crippen LogP contribution in [0.25, 0.3) is 11.2 Å². The number of hydrogen-bond acceptors (Lipinski definition) is 5. The Hall–Kier alpha value is -2.50. The van der Waals surface area contributed by atoms with Gasteiger partial charge in [0.25, 0.3) is 0 Å². The van der Waals surface area contributed by atoms with E-state index in [-0.39, 0.29) is 0 Å². The second-order valence-electron chi connectivity index (χ2n) is 3.44. The van der Waals surface area contributed by atoms with Crippen molar-refractivity contribution in [3.8, 4) is 6.01 Å². The first-order valence-corrected chi connectivity index (χ1v) is 5.09. The fourth-order valence-corrected chi connectivity index (χ4v) is 1.42. The van der Waals surface area contributed by atoms with Crippen molar-refractivity contribution in [1.82, 2.24) is 24.9 Å². The smallest absolute Gasteiger partial charge is 0.318 e. The molecule has 0 bridgehead atoms. The van der Waals surface area contributed by atoms with Crippen LogP contribution in [0, 0.1) is 0 Å². The highest BCUT2D eigenvalue weighted by Gasteiger charge is 2.02. The van der Waals surface area contributed by atoms with Crippen molar-refractivity contribution in [2.45, 2.75) is 6.61 Å². The molecule has 0 unspecified atom stereocenters. The molecule has 0 aromatic carbocycles. The molecule has 3 aromatic heterocycles. The van der Waals surface area contributed by atoms with E-state index in [2.05, 4.69) is 24.9 Å². The van der Waals surface area contributed by atoms with Gasteiger partial charge < -0.3 is 9.72 Å². The number of ether oxygens (including phenoxy) is 1. The molecule has 0 fully saturated rings. The van der Waals surface area contributed by atoms with Crippen LogP contribution in [-0.4, -0.2) is 24.9 Å². The average molecular weight is 227 g/mol. The molecule has 0 amide bonds. The number of nitrogens with one attached hydrogen (secondary N) is 1. The number of nitrogens with zero attached hydrogens (tertiary/aromatic N) is 4. The molecule has 17 heavy (non-hydrogen) atoms. The fraction of sp³-hybridized carbons (Fsp3) is 0.0909. The van der Waals surface area contributed by atoms with Crippen LogP contribution in [-0.2, 0) is 6.61 Å². The summed E-state index contributed by atoms with van der Waals surface area (Å²) in [5.74, 6) is 0. The second kappa shape index (κ2) is 4.17. The molecule has 0 aliphatic carbocycles. The molecule has 1 N–H and O–H groups in total. The lowest BCUT2D eigenvalue weighted by atomic mass is 10.3. The molecule has 0 aliphatic rings. The maximum Gasteiger partial charge on any atom is 0.318 e. The summed E-state index contributed by atoms with van der Waals surface area (Å²) in [7, 11) is 0. The highest BCUT2D eigenvalue weighted by Crippen LogP contribution is 2.10. The van der Waals surface area contributed by atoms with E-state index in [0.29, 0.717) is 18.3 Å². The molecule has 0 saturated carbocycles. The molecule has 0 saturated heterocycles. The van der Waals surface area contributed by atoms with E-state index >= 15 is 0 Å². The molecule has 3 aromatic rings. The lowest BCUT2D eigenvalue weighted by Gasteiger charge is -2.03. The molecular weight excluding hydrogens is 218 g/mol. The van der Waals surface area contributed by atoms with Crippen LogP contribution in [0.5, 0.6) is 6.01 Å². The standard InChI is InChI=1S/C11H9N5O/c1-3-12-4-2-8(1)6-17-11-13-5-9-10(16-11)15-7-14-9/h1-5,7H,6H2,(H,13,14,15,16). The molecule has 6 heteroatoms. The lowest BCUT2D eigenvalue weighted by Crippen LogP contribution is -1.99. The maximum atomic E-state index is 5.47. The van der Waals surface area contributed by atoms with Crippen LogP contribution in [0.2, 0.25) is 0 Å². The van der Waals surface area contributed by atoms with Crippen LogP contribution >= 0.6 is 0 Å². The van der Waals surface area contributed by atoms with Gasteiger partial charge in [-0.05, 0) is 17.7 Å². The van der Waals surface area contributed by atoms with Crippen LogP contribution in [0.15, 0.2) is 37.1 Å². The summed E-state index contributed by atoms with van der Waals surface area (Å²) in [4.78, 5) is 19.1. The van der Waals surface area contributed by atoms with Crippen LogP contribution in [0.1, 0.15) is 5.56 Å². The predicted octanol–water partition coefficient (Wildman–Crippen LogP) is 1.33. The Labute approximate surface area is 96.7 Å². The molecule has 0 aliphatic heterocycles. The maximum absolute atomic E-state index is 5.47. The van der Waals surface area contributed by atoms with Gasteiger partial charge in [-0.25, -0.2) is 9.97 Å². The third-order valence-corrected chi connectivity index (χ3v) is 2.27. The minimum absolute atomic E-state index is 0.321. The molecule has 6 nitrogen and oxygen atoms in total. The Bertz CT molecular complexity index is 622. The SMILES string of the molecule is c1cc(COc2ncc3[nH]cnc3n2)ccn1. The van der Waals surface area contributed by atoms with Crippen molar-refractivity contribution in [3.05, 3.63) is 42.6 Å². The predicted molar refractivity (Wildman–Crippen MR) is 60.3 cm³/mol. The molecule has 0 atom stereocenters. The third-order valence-electron chi connectivity index (χ3n) is 2.27. The average Bonchev–Trinajstić information content (AvgIpc) is 2.85. The number of fused-ring (bicyclic) bond motifs is 1. The highest BCUT2D eigenvalue weighted by molar-refractivity contribution is 5.68. The second-order valence-corrected chi connectivity index (χ2v) is 3.44. The first-order valence-electron chi connectivity index (χ1n) is 5.09. The number of hydrogen-bond donors (Lipinski definition) is 1. The van der Waals surface area contributed by atoms with E-state index in [0.717, 1.165) is 11.1 Å². The zero-order chi connectivity index (χ0) is 11.5. The number of aromatic amines is 1. The number of H-pyrrole nitrogens is 1. The van der Waals surface area contributed by atoms with Crippen molar-refractivity contribution >= 4 is 11.2 Å². The minimum atomic E-state index is 0.321. The van der Waals surface area contributed by atoms with Crippen LogP contribution < -0.4 is 4.74 Å². The summed E-state index contributed by atoms with van der Waals surface area (Å²) in [5.41, 5.74) is 2.41. The van der Waals surface area contributed by atoms with Crippen molar-refractivity contribution in [2.75, 3.05) is 0 Å². The normalized spacial score (nSPS) is 10.6. The molecule has 0 radical (unpaired) electrons. The fourth-order valence-electron chi connectivity index (χ4n) is 1.42. The zero-order valence-electron chi connectivity index (χ0n) is 8.87. The quantitative estimate of drug-likeness (QED) is 0.730.